The lowest BCUT2D eigenvalue weighted by Gasteiger charge is -2.33. The van der Waals surface area contributed by atoms with Crippen molar-refractivity contribution in [1.29, 1.82) is 0 Å². The van der Waals surface area contributed by atoms with Gasteiger partial charge in [0, 0.05) is 12.2 Å². The molecule has 10 heteroatoms. The molecule has 4 N–H and O–H groups in total. The van der Waals surface area contributed by atoms with Gasteiger partial charge in [-0.15, -0.1) is 6.58 Å². The summed E-state index contributed by atoms with van der Waals surface area (Å²) in [6, 6.07) is 11.5. The summed E-state index contributed by atoms with van der Waals surface area (Å²) >= 11 is 0. The smallest absolute Gasteiger partial charge is 0.408 e. The third-order valence-electron chi connectivity index (χ3n) is 5.62. The fourth-order valence-corrected chi connectivity index (χ4v) is 3.81. The number of anilines is 1. The highest BCUT2D eigenvalue weighted by Crippen LogP contribution is 2.26. The van der Waals surface area contributed by atoms with Crippen LogP contribution in [0.25, 0.3) is 0 Å². The van der Waals surface area contributed by atoms with Crippen molar-refractivity contribution in [3.05, 3.63) is 72.3 Å². The first-order chi connectivity index (χ1) is 18.4. The van der Waals surface area contributed by atoms with Gasteiger partial charge in [-0.05, 0) is 62.6 Å². The van der Waals surface area contributed by atoms with E-state index in [9.17, 15) is 19.2 Å². The highest BCUT2D eigenvalue weighted by atomic mass is 16.6. The van der Waals surface area contributed by atoms with Gasteiger partial charge in [0.15, 0.2) is 0 Å². The van der Waals surface area contributed by atoms with Crippen LogP contribution in [-0.4, -0.2) is 54.0 Å². The number of alkyl carbamates (subject to hydrolysis) is 1. The van der Waals surface area contributed by atoms with Gasteiger partial charge < -0.3 is 30.7 Å². The molecule has 2 unspecified atom stereocenters. The molecule has 0 spiro atoms. The number of nitrogens with two attached hydrogens (primary N) is 1. The molecule has 0 saturated heterocycles. The Bertz CT molecular complexity index is 1160. The van der Waals surface area contributed by atoms with Gasteiger partial charge in [0.2, 0.25) is 11.8 Å². The molecule has 0 aliphatic heterocycles. The second-order valence-electron chi connectivity index (χ2n) is 9.86. The summed E-state index contributed by atoms with van der Waals surface area (Å²) in [6.07, 6.45) is 0.861. The van der Waals surface area contributed by atoms with Crippen LogP contribution in [0.2, 0.25) is 0 Å². The molecule has 0 aliphatic carbocycles. The fraction of sp³-hybridized carbons (Fsp3) is 0.379. The average Bonchev–Trinajstić information content (AvgIpc) is 2.87. The number of hydrogen-bond acceptors (Lipinski definition) is 6. The number of carbonyl (C=O) groups excluding carboxylic acids is 4. The van der Waals surface area contributed by atoms with E-state index in [1.807, 2.05) is 19.1 Å². The highest BCUT2D eigenvalue weighted by molar-refractivity contribution is 5.99. The Morgan fingerprint density at radius 3 is 2.15 bits per heavy atom. The van der Waals surface area contributed by atoms with Crippen LogP contribution in [0.3, 0.4) is 0 Å². The van der Waals surface area contributed by atoms with Crippen LogP contribution in [0.1, 0.15) is 51.3 Å². The first-order valence-corrected chi connectivity index (χ1v) is 12.6. The van der Waals surface area contributed by atoms with Crippen LogP contribution in [0, 0.1) is 0 Å². The molecule has 0 aliphatic rings. The molecule has 2 aromatic carbocycles. The molecule has 210 valence electrons. The number of primary amides is 1. The van der Waals surface area contributed by atoms with E-state index in [-0.39, 0.29) is 6.54 Å². The Labute approximate surface area is 229 Å². The van der Waals surface area contributed by atoms with Crippen LogP contribution >= 0.6 is 0 Å². The maximum absolute atomic E-state index is 13.9. The molecule has 2 aromatic rings. The summed E-state index contributed by atoms with van der Waals surface area (Å²) in [7, 11) is 1.54. The third-order valence-corrected chi connectivity index (χ3v) is 5.62. The fourth-order valence-electron chi connectivity index (χ4n) is 3.81. The quantitative estimate of drug-likeness (QED) is 0.352. The second kappa shape index (κ2) is 14.0. The monoisotopic (exact) mass is 538 g/mol. The molecule has 10 nitrogen and oxygen atoms in total. The SMILES string of the molecule is C=CCN(C(=O)C(CC(N)=O)NC(=O)OC(C)(C)C)C(C(=O)Nc1ccc(OC)cc1)c1ccc(CC)cc1. The van der Waals surface area contributed by atoms with Gasteiger partial charge in [-0.1, -0.05) is 37.3 Å². The predicted molar refractivity (Wildman–Crippen MR) is 149 cm³/mol. The van der Waals surface area contributed by atoms with Gasteiger partial charge >= 0.3 is 6.09 Å². The van der Waals surface area contributed by atoms with E-state index in [0.29, 0.717) is 17.0 Å². The van der Waals surface area contributed by atoms with Crippen molar-refractivity contribution in [2.24, 2.45) is 5.73 Å². The molecular formula is C29H38N4O6. The normalized spacial score (nSPS) is 12.4. The third kappa shape index (κ3) is 9.48. The molecule has 0 bridgehead atoms. The number of methoxy groups -OCH3 is 1. The molecule has 0 saturated carbocycles. The standard InChI is InChI=1S/C29H38N4O6/c1-7-17-33(27(36)23(18-24(30)34)32-28(37)39-29(3,4)5)25(20-11-9-19(8-2)10-12-20)26(35)31-21-13-15-22(38-6)16-14-21/h7,9-16,23,25H,1,8,17-18H2,2-6H3,(H2,30,34)(H,31,35)(H,32,37). The number of ether oxygens (including phenoxy) is 2. The lowest BCUT2D eigenvalue weighted by Crippen LogP contribution is -2.53. The zero-order valence-electron chi connectivity index (χ0n) is 23.2. The number of benzene rings is 2. The predicted octanol–water partition coefficient (Wildman–Crippen LogP) is 3.72. The molecule has 0 aromatic heterocycles. The van der Waals surface area contributed by atoms with Crippen LogP contribution in [0.4, 0.5) is 10.5 Å². The highest BCUT2D eigenvalue weighted by Gasteiger charge is 2.36. The zero-order chi connectivity index (χ0) is 29.2. The van der Waals surface area contributed by atoms with E-state index in [4.69, 9.17) is 15.2 Å². The maximum atomic E-state index is 13.9. The minimum absolute atomic E-state index is 0.0552. The van der Waals surface area contributed by atoms with E-state index in [1.54, 1.807) is 57.2 Å². The largest absolute Gasteiger partial charge is 0.497 e. The molecule has 0 heterocycles. The molecule has 39 heavy (non-hydrogen) atoms. The molecular weight excluding hydrogens is 500 g/mol. The van der Waals surface area contributed by atoms with Crippen molar-refractivity contribution in [2.45, 2.75) is 58.2 Å². The van der Waals surface area contributed by atoms with Gasteiger partial charge in [0.05, 0.1) is 13.5 Å². The summed E-state index contributed by atoms with van der Waals surface area (Å²) in [6.45, 7) is 10.7. The molecule has 2 atom stereocenters. The van der Waals surface area contributed by atoms with Crippen molar-refractivity contribution in [2.75, 3.05) is 19.0 Å². The first-order valence-electron chi connectivity index (χ1n) is 12.6. The van der Waals surface area contributed by atoms with Gasteiger partial charge in [0.1, 0.15) is 23.4 Å². The number of amides is 4. The van der Waals surface area contributed by atoms with Crippen molar-refractivity contribution < 1.29 is 28.7 Å². The van der Waals surface area contributed by atoms with E-state index < -0.39 is 47.9 Å². The topological polar surface area (TPSA) is 140 Å². The summed E-state index contributed by atoms with van der Waals surface area (Å²) in [5, 5.41) is 5.28. The molecule has 0 radical (unpaired) electrons. The van der Waals surface area contributed by atoms with Gasteiger partial charge in [-0.3, -0.25) is 14.4 Å². The Hall–Kier alpha value is -4.34. The number of aryl methyl sites for hydroxylation is 1. The summed E-state index contributed by atoms with van der Waals surface area (Å²) in [5.74, 6) is -1.40. The van der Waals surface area contributed by atoms with Crippen LogP contribution in [-0.2, 0) is 25.5 Å². The lowest BCUT2D eigenvalue weighted by atomic mass is 10.00. The summed E-state index contributed by atoms with van der Waals surface area (Å²) in [4.78, 5) is 53.2. The van der Waals surface area contributed by atoms with E-state index in [2.05, 4.69) is 17.2 Å². The van der Waals surface area contributed by atoms with Gasteiger partial charge in [0.25, 0.3) is 5.91 Å². The van der Waals surface area contributed by atoms with E-state index in [1.165, 1.54) is 18.1 Å². The maximum Gasteiger partial charge on any atom is 0.408 e. The number of hydrogen-bond donors (Lipinski definition) is 3. The number of rotatable bonds is 12. The number of nitrogens with one attached hydrogen (secondary N) is 2. The summed E-state index contributed by atoms with van der Waals surface area (Å²) < 4.78 is 10.4. The van der Waals surface area contributed by atoms with Crippen molar-refractivity contribution >= 4 is 29.5 Å². The first kappa shape index (κ1) is 30.9. The Morgan fingerprint density at radius 1 is 1.05 bits per heavy atom. The number of carbonyl (C=O) groups is 4. The Kier molecular flexibility index (Phi) is 11.1. The molecule has 0 fully saturated rings. The molecule has 2 rings (SSSR count). The van der Waals surface area contributed by atoms with E-state index >= 15 is 0 Å². The zero-order valence-corrected chi connectivity index (χ0v) is 23.2. The Balaban J connectivity index is 2.50. The van der Waals surface area contributed by atoms with E-state index in [0.717, 1.165) is 12.0 Å². The van der Waals surface area contributed by atoms with Gasteiger partial charge in [-0.2, -0.15) is 0 Å². The van der Waals surface area contributed by atoms with Crippen molar-refractivity contribution in [3.63, 3.8) is 0 Å². The Morgan fingerprint density at radius 2 is 1.67 bits per heavy atom. The van der Waals surface area contributed by atoms with Crippen molar-refractivity contribution in [3.8, 4) is 5.75 Å². The number of nitrogens with zero attached hydrogens (tertiary/aromatic N) is 1. The van der Waals surface area contributed by atoms with Crippen molar-refractivity contribution in [1.82, 2.24) is 10.2 Å². The van der Waals surface area contributed by atoms with Gasteiger partial charge in [-0.25, -0.2) is 4.79 Å². The average molecular weight is 539 g/mol. The minimum Gasteiger partial charge on any atom is -0.497 e. The lowest BCUT2D eigenvalue weighted by molar-refractivity contribution is -0.141. The van der Waals surface area contributed by atoms with Crippen LogP contribution < -0.4 is 21.1 Å². The van der Waals surface area contributed by atoms with Crippen LogP contribution in [0.15, 0.2) is 61.2 Å². The molecule has 4 amide bonds. The summed E-state index contributed by atoms with van der Waals surface area (Å²) in [5.41, 5.74) is 6.63. The minimum atomic E-state index is -1.37. The second-order valence-corrected chi connectivity index (χ2v) is 9.86. The van der Waals surface area contributed by atoms with Crippen LogP contribution in [0.5, 0.6) is 5.75 Å².